The van der Waals surface area contributed by atoms with Gasteiger partial charge in [0.15, 0.2) is 6.10 Å². The molecule has 0 saturated carbocycles. The molecule has 1 heterocycles. The molecule has 1 aliphatic heterocycles. The van der Waals surface area contributed by atoms with Crippen molar-refractivity contribution < 1.29 is 14.5 Å². The third-order valence-corrected chi connectivity index (χ3v) is 3.10. The number of nitrogens with two attached hydrogens (primary N) is 1. The number of carbonyl (C=O) groups is 1. The summed E-state index contributed by atoms with van der Waals surface area (Å²) >= 11 is 0. The first kappa shape index (κ1) is 14.7. The van der Waals surface area contributed by atoms with Crippen LogP contribution in [0.2, 0.25) is 0 Å². The van der Waals surface area contributed by atoms with E-state index < -0.39 is 16.9 Å². The average molecular weight is 291 g/mol. The summed E-state index contributed by atoms with van der Waals surface area (Å²) in [5, 5.41) is 19.7. The van der Waals surface area contributed by atoms with Gasteiger partial charge in [0.1, 0.15) is 0 Å². The number of nitriles is 1. The van der Waals surface area contributed by atoms with Crippen LogP contribution in [0, 0.1) is 21.4 Å². The predicted octanol–water partition coefficient (Wildman–Crippen LogP) is 0.245. The van der Waals surface area contributed by atoms with Crippen LogP contribution in [-0.2, 0) is 4.74 Å². The van der Waals surface area contributed by atoms with Crippen LogP contribution in [-0.4, -0.2) is 41.5 Å². The molecule has 9 heteroatoms. The molecule has 9 nitrogen and oxygen atoms in total. The highest BCUT2D eigenvalue weighted by Gasteiger charge is 2.27. The molecule has 21 heavy (non-hydrogen) atoms. The minimum Gasteiger partial charge on any atom is -0.360 e. The highest BCUT2D eigenvalue weighted by Crippen LogP contribution is 2.23. The van der Waals surface area contributed by atoms with Crippen LogP contribution in [0.1, 0.15) is 10.4 Å². The molecular weight excluding hydrogens is 278 g/mol. The molecule has 0 bridgehead atoms. The Balaban J connectivity index is 2.31. The Morgan fingerprint density at radius 1 is 1.62 bits per heavy atom. The Bertz CT molecular complexity index is 612. The van der Waals surface area contributed by atoms with Crippen molar-refractivity contribution >= 4 is 17.3 Å². The zero-order valence-corrected chi connectivity index (χ0v) is 11.0. The monoisotopic (exact) mass is 291 g/mol. The predicted molar refractivity (Wildman–Crippen MR) is 72.2 cm³/mol. The number of hydrogen-bond donors (Lipinski definition) is 2. The summed E-state index contributed by atoms with van der Waals surface area (Å²) in [6, 6.07) is 5.72. The lowest BCUT2D eigenvalue weighted by Gasteiger charge is -2.30. The number of benzene rings is 1. The maximum absolute atomic E-state index is 12.5. The van der Waals surface area contributed by atoms with Crippen molar-refractivity contribution in [3.63, 3.8) is 0 Å². The van der Waals surface area contributed by atoms with Gasteiger partial charge in [-0.3, -0.25) is 20.8 Å². The van der Waals surface area contributed by atoms with Crippen molar-refractivity contribution in [2.75, 3.05) is 25.1 Å². The van der Waals surface area contributed by atoms with Crippen molar-refractivity contribution in [1.82, 2.24) is 4.90 Å². The Morgan fingerprint density at radius 3 is 3.00 bits per heavy atom. The third kappa shape index (κ3) is 3.07. The maximum Gasteiger partial charge on any atom is 0.270 e. The molecule has 0 spiro atoms. The van der Waals surface area contributed by atoms with Crippen LogP contribution in [0.25, 0.3) is 0 Å². The largest absolute Gasteiger partial charge is 0.360 e. The first-order valence-corrected chi connectivity index (χ1v) is 6.12. The van der Waals surface area contributed by atoms with Crippen LogP contribution in [0.4, 0.5) is 11.4 Å². The van der Waals surface area contributed by atoms with Crippen LogP contribution < -0.4 is 11.3 Å². The molecule has 1 saturated heterocycles. The number of hydrazine groups is 1. The standard InChI is InChI=1S/C12H13N5O4/c13-6-9-7-16(3-4-21-9)12(18)10-5-8(17(19)20)1-2-11(10)15-14/h1-2,5,9,15H,3-4,7,14H2. The van der Waals surface area contributed by atoms with Crippen molar-refractivity contribution in [3.8, 4) is 6.07 Å². The van der Waals surface area contributed by atoms with Gasteiger partial charge >= 0.3 is 0 Å². The van der Waals surface area contributed by atoms with Crippen LogP contribution in [0.3, 0.4) is 0 Å². The quantitative estimate of drug-likeness (QED) is 0.462. The van der Waals surface area contributed by atoms with Crippen LogP contribution >= 0.6 is 0 Å². The molecule has 2 rings (SSSR count). The number of hydrogen-bond acceptors (Lipinski definition) is 7. The van der Waals surface area contributed by atoms with E-state index in [9.17, 15) is 14.9 Å². The minimum absolute atomic E-state index is 0.0882. The second-order valence-corrected chi connectivity index (χ2v) is 4.37. The average Bonchev–Trinajstić information content (AvgIpc) is 2.53. The van der Waals surface area contributed by atoms with Gasteiger partial charge in [-0.05, 0) is 6.07 Å². The van der Waals surface area contributed by atoms with Crippen molar-refractivity contribution in [1.29, 1.82) is 5.26 Å². The number of ether oxygens (including phenoxy) is 1. The van der Waals surface area contributed by atoms with Crippen molar-refractivity contribution in [2.45, 2.75) is 6.10 Å². The van der Waals surface area contributed by atoms with Crippen LogP contribution in [0.5, 0.6) is 0 Å². The number of amides is 1. The van der Waals surface area contributed by atoms with E-state index in [4.69, 9.17) is 15.8 Å². The van der Waals surface area contributed by atoms with E-state index in [0.29, 0.717) is 6.54 Å². The number of anilines is 1. The number of non-ortho nitro benzene ring substituents is 1. The van der Waals surface area contributed by atoms with Gasteiger partial charge in [0.25, 0.3) is 11.6 Å². The summed E-state index contributed by atoms with van der Waals surface area (Å²) in [7, 11) is 0. The van der Waals surface area contributed by atoms with Gasteiger partial charge in [-0.2, -0.15) is 5.26 Å². The van der Waals surface area contributed by atoms with Crippen molar-refractivity contribution in [3.05, 3.63) is 33.9 Å². The van der Waals surface area contributed by atoms with Gasteiger partial charge in [-0.25, -0.2) is 0 Å². The lowest BCUT2D eigenvalue weighted by atomic mass is 10.1. The summed E-state index contributed by atoms with van der Waals surface area (Å²) in [5.74, 6) is 4.89. The zero-order valence-electron chi connectivity index (χ0n) is 11.0. The van der Waals surface area contributed by atoms with E-state index in [0.717, 1.165) is 6.07 Å². The van der Waals surface area contributed by atoms with Gasteiger partial charge in [-0.15, -0.1) is 0 Å². The number of nitro groups is 1. The molecular formula is C12H13N5O4. The first-order chi connectivity index (χ1) is 10.1. The molecule has 0 aliphatic carbocycles. The molecule has 1 fully saturated rings. The molecule has 1 aliphatic rings. The Kier molecular flexibility index (Phi) is 4.32. The van der Waals surface area contributed by atoms with Gasteiger partial charge in [0.2, 0.25) is 0 Å². The first-order valence-electron chi connectivity index (χ1n) is 6.12. The number of morpholine rings is 1. The van der Waals surface area contributed by atoms with E-state index in [-0.39, 0.29) is 30.1 Å². The van der Waals surface area contributed by atoms with E-state index in [2.05, 4.69) is 5.43 Å². The van der Waals surface area contributed by atoms with Crippen molar-refractivity contribution in [2.24, 2.45) is 5.84 Å². The Hall–Kier alpha value is -2.70. The van der Waals surface area contributed by atoms with E-state index in [1.807, 2.05) is 6.07 Å². The molecule has 0 aromatic heterocycles. The fraction of sp³-hybridized carbons (Fsp3) is 0.333. The summed E-state index contributed by atoms with van der Waals surface area (Å²) in [4.78, 5) is 24.1. The fourth-order valence-corrected chi connectivity index (χ4v) is 2.03. The minimum atomic E-state index is -0.698. The normalized spacial score (nSPS) is 17.9. The molecule has 1 unspecified atom stereocenters. The number of nitrogen functional groups attached to an aromatic ring is 1. The molecule has 110 valence electrons. The molecule has 1 aromatic carbocycles. The number of nitrogens with one attached hydrogen (secondary N) is 1. The van der Waals surface area contributed by atoms with Crippen LogP contribution in [0.15, 0.2) is 18.2 Å². The molecule has 1 aromatic rings. The third-order valence-electron chi connectivity index (χ3n) is 3.10. The van der Waals surface area contributed by atoms with Gasteiger partial charge in [-0.1, -0.05) is 0 Å². The molecule has 1 amide bonds. The topological polar surface area (TPSA) is 135 Å². The lowest BCUT2D eigenvalue weighted by molar-refractivity contribution is -0.384. The van der Waals surface area contributed by atoms with E-state index >= 15 is 0 Å². The number of carbonyl (C=O) groups excluding carboxylic acids is 1. The molecule has 1 atom stereocenters. The summed E-state index contributed by atoms with van der Waals surface area (Å²) in [6.45, 7) is 0.663. The second kappa shape index (κ2) is 6.17. The Labute approximate surface area is 120 Å². The zero-order chi connectivity index (χ0) is 15.4. The van der Waals surface area contributed by atoms with Gasteiger partial charge < -0.3 is 15.1 Å². The lowest BCUT2D eigenvalue weighted by Crippen LogP contribution is -2.45. The highest BCUT2D eigenvalue weighted by molar-refractivity contribution is 6.00. The SMILES string of the molecule is N#CC1CN(C(=O)c2cc([N+](=O)[O-])ccc2NN)CCO1. The summed E-state index contributed by atoms with van der Waals surface area (Å²) in [5.41, 5.74) is 2.51. The summed E-state index contributed by atoms with van der Waals surface area (Å²) < 4.78 is 5.16. The van der Waals surface area contributed by atoms with E-state index in [1.165, 1.54) is 17.0 Å². The number of nitrogens with zero attached hydrogens (tertiary/aromatic N) is 3. The maximum atomic E-state index is 12.5. The molecule has 3 N–H and O–H groups in total. The highest BCUT2D eigenvalue weighted by atomic mass is 16.6. The smallest absolute Gasteiger partial charge is 0.270 e. The molecule has 0 radical (unpaired) electrons. The fourth-order valence-electron chi connectivity index (χ4n) is 2.03. The van der Waals surface area contributed by atoms with Gasteiger partial charge in [0, 0.05) is 18.7 Å². The summed E-state index contributed by atoms with van der Waals surface area (Å²) in [6.07, 6.45) is -0.698. The number of nitro benzene ring substituents is 1. The van der Waals surface area contributed by atoms with Gasteiger partial charge in [0.05, 0.1) is 35.4 Å². The Morgan fingerprint density at radius 2 is 2.38 bits per heavy atom. The number of rotatable bonds is 3. The second-order valence-electron chi connectivity index (χ2n) is 4.37. The van der Waals surface area contributed by atoms with E-state index in [1.54, 1.807) is 0 Å².